The maximum atomic E-state index is 11.7. The highest BCUT2D eigenvalue weighted by atomic mass is 16.6. The van der Waals surface area contributed by atoms with Crippen LogP contribution in [0.1, 0.15) is 86.0 Å². The molecule has 24 heavy (non-hydrogen) atoms. The highest BCUT2D eigenvalue weighted by molar-refractivity contribution is 5.73. The fraction of sp³-hybridized carbons (Fsp3) is 0.857. The molecule has 2 aliphatic rings. The normalized spacial score (nSPS) is 35.2. The predicted molar refractivity (Wildman–Crippen MR) is 97.9 cm³/mol. The molecule has 0 amide bonds. The minimum absolute atomic E-state index is 0.0379. The minimum Gasteiger partial charge on any atom is -0.456 e. The van der Waals surface area contributed by atoms with Gasteiger partial charge in [-0.1, -0.05) is 46.8 Å². The molecule has 3 nitrogen and oxygen atoms in total. The molecule has 0 aromatic heterocycles. The molecule has 0 aromatic rings. The maximum Gasteiger partial charge on any atom is 0.309 e. The Morgan fingerprint density at radius 3 is 2.54 bits per heavy atom. The molecule has 0 aromatic carbocycles. The molecule has 0 N–H and O–H groups in total. The molecule has 138 valence electrons. The Morgan fingerprint density at radius 2 is 2.00 bits per heavy atom. The summed E-state index contributed by atoms with van der Waals surface area (Å²) in [6.45, 7) is 11.1. The summed E-state index contributed by atoms with van der Waals surface area (Å²) >= 11 is 0. The number of fused-ring (bicyclic) bond motifs is 1. The van der Waals surface area contributed by atoms with Gasteiger partial charge in [-0.3, -0.25) is 4.79 Å². The number of esters is 1. The third-order valence-corrected chi connectivity index (χ3v) is 6.11. The summed E-state index contributed by atoms with van der Waals surface area (Å²) in [5.41, 5.74) is -0.480. The van der Waals surface area contributed by atoms with Crippen molar-refractivity contribution in [2.45, 2.75) is 103 Å². The first-order valence-corrected chi connectivity index (χ1v) is 9.98. The second-order valence-electron chi connectivity index (χ2n) is 7.97. The minimum atomic E-state index is -0.362. The van der Waals surface area contributed by atoms with Gasteiger partial charge in [0.05, 0.1) is 12.0 Å². The fourth-order valence-electron chi connectivity index (χ4n) is 4.70. The lowest BCUT2D eigenvalue weighted by atomic mass is 9.78. The molecule has 0 unspecified atom stereocenters. The summed E-state index contributed by atoms with van der Waals surface area (Å²) in [6, 6.07) is 0. The monoisotopic (exact) mass is 336 g/mol. The summed E-state index contributed by atoms with van der Waals surface area (Å²) in [7, 11) is 0. The van der Waals surface area contributed by atoms with E-state index in [4.69, 9.17) is 9.47 Å². The first kappa shape index (κ1) is 19.5. The predicted octanol–water partition coefficient (Wildman–Crippen LogP) is 5.43. The molecule has 2 rings (SSSR count). The van der Waals surface area contributed by atoms with E-state index >= 15 is 0 Å². The lowest BCUT2D eigenvalue weighted by Gasteiger charge is -2.33. The van der Waals surface area contributed by atoms with E-state index in [-0.39, 0.29) is 23.3 Å². The van der Waals surface area contributed by atoms with Gasteiger partial charge in [0.1, 0.15) is 11.7 Å². The maximum absolute atomic E-state index is 11.7. The highest BCUT2D eigenvalue weighted by Gasteiger charge is 2.60. The molecular formula is C21H36O3. The van der Waals surface area contributed by atoms with Crippen molar-refractivity contribution in [2.75, 3.05) is 0 Å². The Hall–Kier alpha value is -0.830. The smallest absolute Gasteiger partial charge is 0.309 e. The van der Waals surface area contributed by atoms with Crippen LogP contribution in [0.5, 0.6) is 0 Å². The number of carbonyl (C=O) groups excluding carboxylic acids is 1. The van der Waals surface area contributed by atoms with E-state index in [1.165, 1.54) is 12.8 Å². The van der Waals surface area contributed by atoms with Crippen LogP contribution < -0.4 is 0 Å². The number of rotatable bonds is 9. The van der Waals surface area contributed by atoms with Gasteiger partial charge < -0.3 is 9.47 Å². The van der Waals surface area contributed by atoms with Crippen molar-refractivity contribution in [2.24, 2.45) is 11.8 Å². The van der Waals surface area contributed by atoms with Crippen molar-refractivity contribution in [1.82, 2.24) is 0 Å². The third-order valence-electron chi connectivity index (χ3n) is 6.11. The van der Waals surface area contributed by atoms with E-state index in [0.29, 0.717) is 18.3 Å². The Morgan fingerprint density at radius 1 is 1.25 bits per heavy atom. The molecule has 2 saturated heterocycles. The zero-order valence-electron chi connectivity index (χ0n) is 16.3. The van der Waals surface area contributed by atoms with Gasteiger partial charge in [0.25, 0.3) is 0 Å². The van der Waals surface area contributed by atoms with Crippen LogP contribution in [0, 0.1) is 11.8 Å². The number of hydrogen-bond acceptors (Lipinski definition) is 3. The molecule has 0 bridgehead atoms. The van der Waals surface area contributed by atoms with Gasteiger partial charge in [0, 0.05) is 6.42 Å². The number of hydrogen-bond donors (Lipinski definition) is 0. The summed E-state index contributed by atoms with van der Waals surface area (Å²) in [6.07, 6.45) is 12.4. The standard InChI is InChI=1S/C21H36O3/c1-6-10-11-17(7-2)12-16(5)14-20(8-3)15-21(9-4)18(23-20)13-19(22)24-21/h10-11,16-18H,6-9,12-15H2,1-5H3/b11-10+/t16-,17-,18+,20+,21+/m0/s1. The topological polar surface area (TPSA) is 35.5 Å². The van der Waals surface area contributed by atoms with E-state index in [1.54, 1.807) is 0 Å². The average Bonchev–Trinajstić information content (AvgIpc) is 3.01. The Balaban J connectivity index is 2.02. The van der Waals surface area contributed by atoms with Gasteiger partial charge >= 0.3 is 5.97 Å². The van der Waals surface area contributed by atoms with Crippen LogP contribution in [0.3, 0.4) is 0 Å². The van der Waals surface area contributed by atoms with Crippen molar-refractivity contribution in [3.8, 4) is 0 Å². The van der Waals surface area contributed by atoms with Crippen LogP contribution >= 0.6 is 0 Å². The van der Waals surface area contributed by atoms with E-state index < -0.39 is 0 Å². The summed E-state index contributed by atoms with van der Waals surface area (Å²) in [5.74, 6) is 1.18. The zero-order chi connectivity index (χ0) is 17.8. The van der Waals surface area contributed by atoms with Crippen molar-refractivity contribution in [3.63, 3.8) is 0 Å². The van der Waals surface area contributed by atoms with Crippen LogP contribution in [0.2, 0.25) is 0 Å². The van der Waals surface area contributed by atoms with Crippen LogP contribution in [0.15, 0.2) is 12.2 Å². The van der Waals surface area contributed by atoms with Crippen LogP contribution in [0.4, 0.5) is 0 Å². The number of ether oxygens (including phenoxy) is 2. The van der Waals surface area contributed by atoms with E-state index in [2.05, 4.69) is 46.8 Å². The van der Waals surface area contributed by atoms with Gasteiger partial charge in [-0.2, -0.15) is 0 Å². The summed E-state index contributed by atoms with van der Waals surface area (Å²) < 4.78 is 12.2. The van der Waals surface area contributed by atoms with E-state index in [9.17, 15) is 4.79 Å². The molecule has 0 radical (unpaired) electrons. The Bertz CT molecular complexity index is 458. The molecule has 5 atom stereocenters. The molecular weight excluding hydrogens is 300 g/mol. The second kappa shape index (κ2) is 8.03. The van der Waals surface area contributed by atoms with Gasteiger partial charge in [-0.15, -0.1) is 0 Å². The third kappa shape index (κ3) is 4.04. The second-order valence-corrected chi connectivity index (χ2v) is 7.97. The number of allylic oxidation sites excluding steroid dienone is 2. The molecule has 2 aliphatic heterocycles. The number of carbonyl (C=O) groups is 1. The van der Waals surface area contributed by atoms with Gasteiger partial charge in [0.2, 0.25) is 0 Å². The molecule has 0 spiro atoms. The lowest BCUT2D eigenvalue weighted by Crippen LogP contribution is -2.36. The SMILES string of the molecule is CC/C=C/[C@H](CC)C[C@H](C)C[C@]1(CC)C[C@@]2(CC)OC(=O)C[C@H]2O1. The van der Waals surface area contributed by atoms with Crippen molar-refractivity contribution < 1.29 is 14.3 Å². The molecule has 2 fully saturated rings. The summed E-state index contributed by atoms with van der Waals surface area (Å²) in [4.78, 5) is 11.7. The van der Waals surface area contributed by atoms with Gasteiger partial charge in [-0.25, -0.2) is 0 Å². The van der Waals surface area contributed by atoms with E-state index in [1.807, 2.05) is 0 Å². The molecule has 2 heterocycles. The molecule has 3 heteroatoms. The quantitative estimate of drug-likeness (QED) is 0.416. The van der Waals surface area contributed by atoms with Crippen molar-refractivity contribution in [1.29, 1.82) is 0 Å². The first-order valence-electron chi connectivity index (χ1n) is 9.98. The molecule has 0 saturated carbocycles. The zero-order valence-corrected chi connectivity index (χ0v) is 16.3. The largest absolute Gasteiger partial charge is 0.456 e. The van der Waals surface area contributed by atoms with Crippen molar-refractivity contribution >= 4 is 5.97 Å². The lowest BCUT2D eigenvalue weighted by molar-refractivity contribution is -0.149. The average molecular weight is 337 g/mol. The first-order chi connectivity index (χ1) is 11.4. The Labute approximate surface area is 148 Å². The molecule has 0 aliphatic carbocycles. The van der Waals surface area contributed by atoms with Crippen molar-refractivity contribution in [3.05, 3.63) is 12.2 Å². The summed E-state index contributed by atoms with van der Waals surface area (Å²) in [5, 5.41) is 0. The van der Waals surface area contributed by atoms with Gasteiger partial charge in [-0.05, 0) is 50.4 Å². The van der Waals surface area contributed by atoms with E-state index in [0.717, 1.165) is 32.1 Å². The van der Waals surface area contributed by atoms with Crippen LogP contribution in [-0.4, -0.2) is 23.3 Å². The van der Waals surface area contributed by atoms with Gasteiger partial charge in [0.15, 0.2) is 0 Å². The van der Waals surface area contributed by atoms with Crippen LogP contribution in [0.25, 0.3) is 0 Å². The Kier molecular flexibility index (Phi) is 6.52. The fourth-order valence-corrected chi connectivity index (χ4v) is 4.70. The highest BCUT2D eigenvalue weighted by Crippen LogP contribution is 2.51. The van der Waals surface area contributed by atoms with Crippen LogP contribution in [-0.2, 0) is 14.3 Å².